The first-order chi connectivity index (χ1) is 6.72. The van der Waals surface area contributed by atoms with Crippen molar-refractivity contribution in [3.8, 4) is 24.5 Å². The van der Waals surface area contributed by atoms with Gasteiger partial charge in [0.15, 0.2) is 0 Å². The molecule has 0 saturated carbocycles. The lowest BCUT2D eigenvalue weighted by molar-refractivity contribution is 0.621. The first-order valence-electron chi connectivity index (χ1n) is 3.79. The van der Waals surface area contributed by atoms with Crippen LogP contribution in [0.5, 0.6) is 0 Å². The van der Waals surface area contributed by atoms with E-state index in [2.05, 4.69) is 5.92 Å². The third kappa shape index (κ3) is 1.71. The minimum atomic E-state index is -0.697. The molecule has 1 rings (SSSR count). The number of halogens is 1. The smallest absolute Gasteiger partial charge is 0.142 e. The highest BCUT2D eigenvalue weighted by Crippen LogP contribution is 2.15. The molecular formula is C11H5FN2. The molecule has 0 fully saturated rings. The van der Waals surface area contributed by atoms with Crippen molar-refractivity contribution in [2.75, 3.05) is 0 Å². The summed E-state index contributed by atoms with van der Waals surface area (Å²) in [7, 11) is 0. The Balaban J connectivity index is 3.37. The van der Waals surface area contributed by atoms with Crippen LogP contribution >= 0.6 is 0 Å². The van der Waals surface area contributed by atoms with Crippen LogP contribution in [0.1, 0.15) is 16.7 Å². The lowest BCUT2D eigenvalue weighted by Crippen LogP contribution is -1.93. The van der Waals surface area contributed by atoms with Crippen LogP contribution in [0, 0.1) is 40.8 Å². The van der Waals surface area contributed by atoms with Crippen molar-refractivity contribution >= 4 is 0 Å². The van der Waals surface area contributed by atoms with Gasteiger partial charge in [-0.05, 0) is 17.7 Å². The van der Waals surface area contributed by atoms with Gasteiger partial charge >= 0.3 is 0 Å². The Kier molecular flexibility index (Phi) is 2.85. The van der Waals surface area contributed by atoms with Gasteiger partial charge in [0.25, 0.3) is 0 Å². The van der Waals surface area contributed by atoms with E-state index >= 15 is 0 Å². The molecule has 0 spiro atoms. The van der Waals surface area contributed by atoms with Crippen molar-refractivity contribution in [2.24, 2.45) is 0 Å². The number of nitrogens with zero attached hydrogens (tertiary/aromatic N) is 2. The molecule has 0 atom stereocenters. The molecular weight excluding hydrogens is 179 g/mol. The van der Waals surface area contributed by atoms with E-state index in [1.54, 1.807) is 12.1 Å². The standard InChI is InChI=1S/C11H5FN2/c1-2-3-8-4-9(6-13)10(7-14)11(12)5-8/h1,4-5H,3H2. The molecule has 0 heterocycles. The van der Waals surface area contributed by atoms with Crippen LogP contribution in [-0.4, -0.2) is 0 Å². The molecule has 0 radical (unpaired) electrons. The van der Waals surface area contributed by atoms with Crippen LogP contribution < -0.4 is 0 Å². The quantitative estimate of drug-likeness (QED) is 0.624. The molecule has 0 aliphatic rings. The van der Waals surface area contributed by atoms with Crippen molar-refractivity contribution in [2.45, 2.75) is 6.42 Å². The number of rotatable bonds is 1. The molecule has 0 aromatic heterocycles. The monoisotopic (exact) mass is 184 g/mol. The second kappa shape index (κ2) is 4.08. The van der Waals surface area contributed by atoms with E-state index in [0.717, 1.165) is 0 Å². The molecule has 1 aromatic carbocycles. The van der Waals surface area contributed by atoms with Gasteiger partial charge in [0.05, 0.1) is 5.56 Å². The lowest BCUT2D eigenvalue weighted by Gasteiger charge is -2.00. The first-order valence-corrected chi connectivity index (χ1v) is 3.79. The van der Waals surface area contributed by atoms with E-state index in [4.69, 9.17) is 16.9 Å². The van der Waals surface area contributed by atoms with Crippen molar-refractivity contribution in [1.29, 1.82) is 10.5 Å². The number of nitriles is 2. The third-order valence-electron chi connectivity index (χ3n) is 1.69. The largest absolute Gasteiger partial charge is 0.205 e. The number of hydrogen-bond acceptors (Lipinski definition) is 2. The number of terminal acetylenes is 1. The minimum Gasteiger partial charge on any atom is -0.205 e. The number of hydrogen-bond donors (Lipinski definition) is 0. The summed E-state index contributed by atoms with van der Waals surface area (Å²) in [6.07, 6.45) is 5.30. The van der Waals surface area contributed by atoms with Gasteiger partial charge in [0.2, 0.25) is 0 Å². The topological polar surface area (TPSA) is 47.6 Å². The fourth-order valence-electron chi connectivity index (χ4n) is 1.08. The van der Waals surface area contributed by atoms with Crippen LogP contribution in [0.4, 0.5) is 4.39 Å². The molecule has 0 aliphatic heterocycles. The lowest BCUT2D eigenvalue weighted by atomic mass is 10.0. The molecule has 14 heavy (non-hydrogen) atoms. The van der Waals surface area contributed by atoms with Crippen LogP contribution in [-0.2, 0) is 6.42 Å². The zero-order chi connectivity index (χ0) is 10.6. The van der Waals surface area contributed by atoms with E-state index in [0.29, 0.717) is 5.56 Å². The van der Waals surface area contributed by atoms with Crippen LogP contribution in [0.15, 0.2) is 12.1 Å². The fourth-order valence-corrected chi connectivity index (χ4v) is 1.08. The minimum absolute atomic E-state index is 0.0257. The summed E-state index contributed by atoms with van der Waals surface area (Å²) >= 11 is 0. The molecule has 0 amide bonds. The highest BCUT2D eigenvalue weighted by molar-refractivity contribution is 5.48. The Bertz CT molecular complexity index is 484. The van der Waals surface area contributed by atoms with E-state index < -0.39 is 5.82 Å². The van der Waals surface area contributed by atoms with Gasteiger partial charge in [-0.1, -0.05) is 0 Å². The maximum absolute atomic E-state index is 13.2. The fraction of sp³-hybridized carbons (Fsp3) is 0.0909. The molecule has 2 nitrogen and oxygen atoms in total. The summed E-state index contributed by atoms with van der Waals surface area (Å²) in [5.41, 5.74) is 0.326. The Morgan fingerprint density at radius 2 is 2.00 bits per heavy atom. The van der Waals surface area contributed by atoms with Crippen LogP contribution in [0.25, 0.3) is 0 Å². The zero-order valence-corrected chi connectivity index (χ0v) is 7.21. The second-order valence-electron chi connectivity index (χ2n) is 2.60. The van der Waals surface area contributed by atoms with E-state index in [-0.39, 0.29) is 17.5 Å². The third-order valence-corrected chi connectivity index (χ3v) is 1.69. The van der Waals surface area contributed by atoms with Gasteiger partial charge in [-0.3, -0.25) is 0 Å². The average Bonchev–Trinajstić information content (AvgIpc) is 2.17. The van der Waals surface area contributed by atoms with Crippen LogP contribution in [0.2, 0.25) is 0 Å². The molecule has 66 valence electrons. The summed E-state index contributed by atoms with van der Waals surface area (Å²) in [5.74, 6) is 1.64. The van der Waals surface area contributed by atoms with Gasteiger partial charge in [-0.15, -0.1) is 12.3 Å². The summed E-state index contributed by atoms with van der Waals surface area (Å²) in [4.78, 5) is 0. The molecule has 3 heteroatoms. The van der Waals surface area contributed by atoms with Crippen molar-refractivity contribution in [1.82, 2.24) is 0 Å². The van der Waals surface area contributed by atoms with Crippen molar-refractivity contribution < 1.29 is 4.39 Å². The van der Waals surface area contributed by atoms with Crippen LogP contribution in [0.3, 0.4) is 0 Å². The Hall–Kier alpha value is -2.31. The maximum atomic E-state index is 13.2. The summed E-state index contributed by atoms with van der Waals surface area (Å²) in [6.45, 7) is 0. The first kappa shape index (κ1) is 9.78. The summed E-state index contributed by atoms with van der Waals surface area (Å²) in [6, 6.07) is 6.00. The highest BCUT2D eigenvalue weighted by Gasteiger charge is 2.09. The Labute approximate surface area is 81.2 Å². The Morgan fingerprint density at radius 3 is 2.50 bits per heavy atom. The molecule has 0 bridgehead atoms. The van der Waals surface area contributed by atoms with Gasteiger partial charge in [0, 0.05) is 6.42 Å². The van der Waals surface area contributed by atoms with Gasteiger partial charge in [0.1, 0.15) is 23.5 Å². The SMILES string of the molecule is C#CCc1cc(F)c(C#N)c(C#N)c1. The maximum Gasteiger partial charge on any atom is 0.142 e. The molecule has 1 aromatic rings. The van der Waals surface area contributed by atoms with Crippen molar-refractivity contribution in [3.05, 3.63) is 34.6 Å². The molecule has 0 unspecified atom stereocenters. The van der Waals surface area contributed by atoms with E-state index in [1.807, 2.05) is 0 Å². The molecule has 0 N–H and O–H groups in total. The Morgan fingerprint density at radius 1 is 1.29 bits per heavy atom. The summed E-state index contributed by atoms with van der Waals surface area (Å²) in [5, 5.41) is 17.2. The average molecular weight is 184 g/mol. The zero-order valence-electron chi connectivity index (χ0n) is 7.21. The second-order valence-corrected chi connectivity index (χ2v) is 2.60. The van der Waals surface area contributed by atoms with E-state index in [9.17, 15) is 4.39 Å². The normalized spacial score (nSPS) is 8.43. The van der Waals surface area contributed by atoms with Gasteiger partial charge in [-0.25, -0.2) is 4.39 Å². The van der Waals surface area contributed by atoms with Gasteiger partial charge in [-0.2, -0.15) is 10.5 Å². The van der Waals surface area contributed by atoms with Crippen molar-refractivity contribution in [3.63, 3.8) is 0 Å². The highest BCUT2D eigenvalue weighted by atomic mass is 19.1. The van der Waals surface area contributed by atoms with E-state index in [1.165, 1.54) is 12.1 Å². The predicted octanol–water partition coefficient (Wildman–Crippen LogP) is 1.74. The molecule has 0 aliphatic carbocycles. The summed E-state index contributed by atoms with van der Waals surface area (Å²) < 4.78 is 13.2. The molecule has 0 saturated heterocycles. The predicted molar refractivity (Wildman–Crippen MR) is 48.4 cm³/mol. The van der Waals surface area contributed by atoms with Gasteiger partial charge < -0.3 is 0 Å². The number of benzene rings is 1.